The highest BCUT2D eigenvalue weighted by Crippen LogP contribution is 2.29. The quantitative estimate of drug-likeness (QED) is 0.824. The Morgan fingerprint density at radius 1 is 1.15 bits per heavy atom. The fourth-order valence-electron chi connectivity index (χ4n) is 4.10. The van der Waals surface area contributed by atoms with Crippen molar-refractivity contribution in [1.29, 1.82) is 0 Å². The largest absolute Gasteiger partial charge is 0.349 e. The van der Waals surface area contributed by atoms with Gasteiger partial charge < -0.3 is 16.0 Å². The molecule has 5 nitrogen and oxygen atoms in total. The second-order valence-corrected chi connectivity index (χ2v) is 7.52. The molecule has 1 heterocycles. The topological polar surface area (TPSA) is 75.4 Å². The number of nitrogens with one attached hydrogen (secondary N) is 1. The van der Waals surface area contributed by atoms with E-state index in [2.05, 4.69) is 5.32 Å². The molecular weight excluding hydrogens is 350 g/mol. The van der Waals surface area contributed by atoms with E-state index >= 15 is 0 Å². The first-order chi connectivity index (χ1) is 12.1. The van der Waals surface area contributed by atoms with E-state index in [4.69, 9.17) is 5.73 Å². The van der Waals surface area contributed by atoms with Gasteiger partial charge in [-0.2, -0.15) is 0 Å². The van der Waals surface area contributed by atoms with Gasteiger partial charge in [-0.15, -0.1) is 12.4 Å². The van der Waals surface area contributed by atoms with Gasteiger partial charge in [0.15, 0.2) is 0 Å². The van der Waals surface area contributed by atoms with Crippen molar-refractivity contribution in [2.45, 2.75) is 50.5 Å². The molecule has 1 aromatic rings. The molecule has 0 bridgehead atoms. The Morgan fingerprint density at radius 3 is 2.50 bits per heavy atom. The van der Waals surface area contributed by atoms with Gasteiger partial charge in [0.1, 0.15) is 0 Å². The van der Waals surface area contributed by atoms with Gasteiger partial charge in [-0.1, -0.05) is 43.2 Å². The summed E-state index contributed by atoms with van der Waals surface area (Å²) in [6.07, 6.45) is 6.34. The van der Waals surface area contributed by atoms with Crippen molar-refractivity contribution in [3.05, 3.63) is 35.9 Å². The maximum atomic E-state index is 12.7. The van der Waals surface area contributed by atoms with Crippen molar-refractivity contribution in [2.75, 3.05) is 19.6 Å². The Bertz CT molecular complexity index is 602. The lowest BCUT2D eigenvalue weighted by Crippen LogP contribution is -2.55. The second-order valence-electron chi connectivity index (χ2n) is 7.52. The number of hydrogen-bond donors (Lipinski definition) is 2. The minimum atomic E-state index is -0.215. The first-order valence-corrected chi connectivity index (χ1v) is 9.46. The minimum Gasteiger partial charge on any atom is -0.349 e. The molecule has 1 aliphatic heterocycles. The van der Waals surface area contributed by atoms with E-state index in [-0.39, 0.29) is 35.7 Å². The molecule has 3 rings (SSSR count). The third-order valence-corrected chi connectivity index (χ3v) is 5.68. The fraction of sp³-hybridized carbons (Fsp3) is 0.600. The van der Waals surface area contributed by atoms with E-state index in [0.29, 0.717) is 19.5 Å². The lowest BCUT2D eigenvalue weighted by atomic mass is 9.92. The monoisotopic (exact) mass is 379 g/mol. The molecule has 1 saturated carbocycles. The number of carbonyl (C=O) groups excluding carboxylic acids is 2. The Morgan fingerprint density at radius 2 is 1.85 bits per heavy atom. The van der Waals surface area contributed by atoms with Crippen LogP contribution in [0.1, 0.15) is 44.1 Å². The lowest BCUT2D eigenvalue weighted by Gasteiger charge is -2.35. The molecular formula is C20H30ClN3O2. The van der Waals surface area contributed by atoms with Crippen molar-refractivity contribution in [2.24, 2.45) is 11.7 Å². The highest BCUT2D eigenvalue weighted by molar-refractivity contribution is 5.85. The van der Waals surface area contributed by atoms with Crippen molar-refractivity contribution < 1.29 is 9.59 Å². The maximum absolute atomic E-state index is 12.7. The van der Waals surface area contributed by atoms with Gasteiger partial charge in [-0.3, -0.25) is 9.59 Å². The zero-order valence-electron chi connectivity index (χ0n) is 15.3. The Balaban J connectivity index is 0.00000243. The normalized spacial score (nSPS) is 21.7. The zero-order valence-corrected chi connectivity index (χ0v) is 16.1. The molecule has 1 unspecified atom stereocenters. The van der Waals surface area contributed by atoms with Crippen LogP contribution in [0.15, 0.2) is 30.3 Å². The molecule has 144 valence electrons. The van der Waals surface area contributed by atoms with Gasteiger partial charge in [0.05, 0.1) is 17.9 Å². The summed E-state index contributed by atoms with van der Waals surface area (Å²) in [7, 11) is 0. The summed E-state index contributed by atoms with van der Waals surface area (Å²) in [6.45, 7) is 1.78. The average Bonchev–Trinajstić information content (AvgIpc) is 3.11. The van der Waals surface area contributed by atoms with Crippen LogP contribution in [0.4, 0.5) is 0 Å². The van der Waals surface area contributed by atoms with E-state index in [1.165, 1.54) is 0 Å². The number of hydrogen-bond acceptors (Lipinski definition) is 3. The van der Waals surface area contributed by atoms with E-state index in [1.54, 1.807) is 0 Å². The highest BCUT2D eigenvalue weighted by Gasteiger charge is 2.37. The number of benzene rings is 1. The van der Waals surface area contributed by atoms with Crippen molar-refractivity contribution in [3.63, 3.8) is 0 Å². The van der Waals surface area contributed by atoms with Crippen LogP contribution < -0.4 is 11.1 Å². The maximum Gasteiger partial charge on any atom is 0.227 e. The summed E-state index contributed by atoms with van der Waals surface area (Å²) in [5.41, 5.74) is 6.73. The third kappa shape index (κ3) is 4.98. The molecule has 1 aromatic carbocycles. The number of rotatable bonds is 5. The van der Waals surface area contributed by atoms with E-state index in [1.807, 2.05) is 35.2 Å². The van der Waals surface area contributed by atoms with Crippen LogP contribution in [0.5, 0.6) is 0 Å². The van der Waals surface area contributed by atoms with Crippen LogP contribution in [0.25, 0.3) is 0 Å². The number of halogens is 1. The minimum absolute atomic E-state index is 0. The number of amides is 2. The molecule has 6 heteroatoms. The number of nitrogens with zero attached hydrogens (tertiary/aromatic N) is 1. The zero-order chi connectivity index (χ0) is 17.7. The first-order valence-electron chi connectivity index (χ1n) is 9.46. The summed E-state index contributed by atoms with van der Waals surface area (Å²) in [6, 6.07) is 9.78. The SMILES string of the molecule is Cl.NCC1(NC(=O)C2CCCN(C(=O)Cc3ccccc3)C2)CCCC1. The van der Waals surface area contributed by atoms with Gasteiger partial charge in [-0.25, -0.2) is 0 Å². The molecule has 0 aromatic heterocycles. The Hall–Kier alpha value is -1.59. The molecule has 1 saturated heterocycles. The van der Waals surface area contributed by atoms with Crippen molar-refractivity contribution >= 4 is 24.2 Å². The van der Waals surface area contributed by atoms with Gasteiger partial charge in [0.2, 0.25) is 11.8 Å². The van der Waals surface area contributed by atoms with Crippen LogP contribution >= 0.6 is 12.4 Å². The second kappa shape index (κ2) is 9.38. The summed E-state index contributed by atoms with van der Waals surface area (Å²) >= 11 is 0. The summed E-state index contributed by atoms with van der Waals surface area (Å²) in [4.78, 5) is 27.2. The molecule has 0 radical (unpaired) electrons. The number of carbonyl (C=O) groups is 2. The molecule has 3 N–H and O–H groups in total. The first kappa shape index (κ1) is 20.7. The number of nitrogens with two attached hydrogens (primary N) is 1. The van der Waals surface area contributed by atoms with Crippen LogP contribution in [-0.4, -0.2) is 41.9 Å². The third-order valence-electron chi connectivity index (χ3n) is 5.68. The predicted molar refractivity (Wildman–Crippen MR) is 105 cm³/mol. The molecule has 2 aliphatic rings. The predicted octanol–water partition coefficient (Wildman–Crippen LogP) is 2.28. The molecule has 2 fully saturated rings. The van der Waals surface area contributed by atoms with Gasteiger partial charge in [-0.05, 0) is 31.2 Å². The summed E-state index contributed by atoms with van der Waals surface area (Å²) < 4.78 is 0. The van der Waals surface area contributed by atoms with E-state index in [0.717, 1.165) is 50.6 Å². The highest BCUT2D eigenvalue weighted by atomic mass is 35.5. The summed E-state index contributed by atoms with van der Waals surface area (Å²) in [5.74, 6) is 0.0696. The molecule has 26 heavy (non-hydrogen) atoms. The van der Waals surface area contributed by atoms with Crippen molar-refractivity contribution in [3.8, 4) is 0 Å². The molecule has 0 spiro atoms. The van der Waals surface area contributed by atoms with Crippen LogP contribution in [0.2, 0.25) is 0 Å². The van der Waals surface area contributed by atoms with Crippen molar-refractivity contribution in [1.82, 2.24) is 10.2 Å². The molecule has 1 atom stereocenters. The van der Waals surface area contributed by atoms with Crippen LogP contribution in [0.3, 0.4) is 0 Å². The van der Waals surface area contributed by atoms with E-state index in [9.17, 15) is 9.59 Å². The van der Waals surface area contributed by atoms with Gasteiger partial charge in [0.25, 0.3) is 0 Å². The standard InChI is InChI=1S/C20H29N3O2.ClH/c21-15-20(10-4-5-11-20)22-19(25)17-9-6-12-23(14-17)18(24)13-16-7-2-1-3-8-16;/h1-3,7-8,17H,4-6,9-15,21H2,(H,22,25);1H. The number of piperidine rings is 1. The summed E-state index contributed by atoms with van der Waals surface area (Å²) in [5, 5.41) is 3.22. The number of likely N-dealkylation sites (tertiary alicyclic amines) is 1. The Labute approximate surface area is 162 Å². The van der Waals surface area contributed by atoms with Gasteiger partial charge in [0, 0.05) is 19.6 Å². The van der Waals surface area contributed by atoms with E-state index < -0.39 is 0 Å². The smallest absolute Gasteiger partial charge is 0.227 e. The molecule has 2 amide bonds. The fourth-order valence-corrected chi connectivity index (χ4v) is 4.10. The average molecular weight is 380 g/mol. The van der Waals surface area contributed by atoms with Gasteiger partial charge >= 0.3 is 0 Å². The van der Waals surface area contributed by atoms with Crippen LogP contribution in [-0.2, 0) is 16.0 Å². The molecule has 1 aliphatic carbocycles. The Kier molecular flexibility index (Phi) is 7.47. The lowest BCUT2D eigenvalue weighted by molar-refractivity contribution is -0.135. The van der Waals surface area contributed by atoms with Crippen LogP contribution in [0, 0.1) is 5.92 Å².